The Labute approximate surface area is 132 Å². The number of hydrogen-bond acceptors (Lipinski definition) is 3. The standard InChI is InChI=1S/C19H24N2O/c1-22-19-10-6-5-9-17(19)13-18-15-21(12-11-20-18)14-16-7-3-2-4-8-16/h2-10,18,20H,11-15H2,1H3. The first-order valence-electron chi connectivity index (χ1n) is 7.96. The summed E-state index contributed by atoms with van der Waals surface area (Å²) < 4.78 is 5.47. The first kappa shape index (κ1) is 15.1. The minimum atomic E-state index is 0.480. The summed E-state index contributed by atoms with van der Waals surface area (Å²) in [6, 6.07) is 19.5. The zero-order valence-corrected chi connectivity index (χ0v) is 13.2. The lowest BCUT2D eigenvalue weighted by atomic mass is 10.0. The van der Waals surface area contributed by atoms with Crippen LogP contribution in [-0.2, 0) is 13.0 Å². The van der Waals surface area contributed by atoms with Crippen molar-refractivity contribution < 1.29 is 4.74 Å². The van der Waals surface area contributed by atoms with Crippen molar-refractivity contribution in [3.05, 3.63) is 65.7 Å². The van der Waals surface area contributed by atoms with Crippen molar-refractivity contribution in [3.8, 4) is 5.75 Å². The average molecular weight is 296 g/mol. The highest BCUT2D eigenvalue weighted by Crippen LogP contribution is 2.20. The minimum Gasteiger partial charge on any atom is -0.496 e. The van der Waals surface area contributed by atoms with E-state index in [0.29, 0.717) is 6.04 Å². The summed E-state index contributed by atoms with van der Waals surface area (Å²) in [5.41, 5.74) is 2.67. The molecule has 1 unspecified atom stereocenters. The van der Waals surface area contributed by atoms with E-state index in [-0.39, 0.29) is 0 Å². The molecule has 1 atom stereocenters. The maximum atomic E-state index is 5.47. The molecule has 0 radical (unpaired) electrons. The highest BCUT2D eigenvalue weighted by atomic mass is 16.5. The van der Waals surface area contributed by atoms with Crippen molar-refractivity contribution in [1.82, 2.24) is 10.2 Å². The Morgan fingerprint density at radius 2 is 1.86 bits per heavy atom. The van der Waals surface area contributed by atoms with Crippen molar-refractivity contribution in [3.63, 3.8) is 0 Å². The lowest BCUT2D eigenvalue weighted by Gasteiger charge is -2.34. The molecule has 22 heavy (non-hydrogen) atoms. The lowest BCUT2D eigenvalue weighted by Crippen LogP contribution is -2.51. The summed E-state index contributed by atoms with van der Waals surface area (Å²) >= 11 is 0. The third-order valence-corrected chi connectivity index (χ3v) is 4.25. The molecule has 1 saturated heterocycles. The van der Waals surface area contributed by atoms with Gasteiger partial charge in [-0.2, -0.15) is 0 Å². The van der Waals surface area contributed by atoms with Gasteiger partial charge in [0.2, 0.25) is 0 Å². The molecule has 3 nitrogen and oxygen atoms in total. The summed E-state index contributed by atoms with van der Waals surface area (Å²) in [5.74, 6) is 0.990. The highest BCUT2D eigenvalue weighted by molar-refractivity contribution is 5.34. The Kier molecular flexibility index (Phi) is 5.09. The molecule has 0 bridgehead atoms. The molecule has 0 aliphatic carbocycles. The molecule has 3 heteroatoms. The maximum absolute atomic E-state index is 5.47. The van der Waals surface area contributed by atoms with Gasteiger partial charge in [-0.1, -0.05) is 48.5 Å². The SMILES string of the molecule is COc1ccccc1CC1CN(Cc2ccccc2)CCN1. The molecule has 3 rings (SSSR count). The molecule has 1 N–H and O–H groups in total. The molecule has 1 fully saturated rings. The summed E-state index contributed by atoms with van der Waals surface area (Å²) in [6.07, 6.45) is 1.01. The van der Waals surface area contributed by atoms with Crippen LogP contribution in [0, 0.1) is 0 Å². The summed E-state index contributed by atoms with van der Waals surface area (Å²) in [4.78, 5) is 2.53. The first-order valence-corrected chi connectivity index (χ1v) is 7.96. The van der Waals surface area contributed by atoms with Gasteiger partial charge in [-0.15, -0.1) is 0 Å². The van der Waals surface area contributed by atoms with Crippen LogP contribution < -0.4 is 10.1 Å². The van der Waals surface area contributed by atoms with E-state index in [1.54, 1.807) is 7.11 Å². The molecule has 0 saturated carbocycles. The largest absolute Gasteiger partial charge is 0.496 e. The number of rotatable bonds is 5. The van der Waals surface area contributed by atoms with E-state index < -0.39 is 0 Å². The van der Waals surface area contributed by atoms with Gasteiger partial charge in [-0.05, 0) is 23.6 Å². The number of benzene rings is 2. The molecular weight excluding hydrogens is 272 g/mol. The number of ether oxygens (including phenoxy) is 1. The van der Waals surface area contributed by atoms with E-state index in [9.17, 15) is 0 Å². The lowest BCUT2D eigenvalue weighted by molar-refractivity contribution is 0.191. The Hall–Kier alpha value is -1.84. The van der Waals surface area contributed by atoms with Crippen molar-refractivity contribution in [2.24, 2.45) is 0 Å². The third-order valence-electron chi connectivity index (χ3n) is 4.25. The van der Waals surface area contributed by atoms with E-state index in [1.807, 2.05) is 12.1 Å². The van der Waals surface area contributed by atoms with Crippen molar-refractivity contribution in [2.45, 2.75) is 19.0 Å². The highest BCUT2D eigenvalue weighted by Gasteiger charge is 2.20. The number of nitrogens with zero attached hydrogens (tertiary/aromatic N) is 1. The van der Waals surface area contributed by atoms with Gasteiger partial charge in [0.1, 0.15) is 5.75 Å². The van der Waals surface area contributed by atoms with E-state index in [4.69, 9.17) is 4.74 Å². The summed E-state index contributed by atoms with van der Waals surface area (Å²) in [7, 11) is 1.74. The van der Waals surface area contributed by atoms with Crippen LogP contribution in [-0.4, -0.2) is 37.7 Å². The summed E-state index contributed by atoms with van der Waals surface area (Å²) in [5, 5.41) is 3.64. The van der Waals surface area contributed by atoms with Crippen LogP contribution >= 0.6 is 0 Å². The monoisotopic (exact) mass is 296 g/mol. The number of piperazine rings is 1. The Morgan fingerprint density at radius 3 is 2.68 bits per heavy atom. The van der Waals surface area contributed by atoms with Crippen LogP contribution in [0.1, 0.15) is 11.1 Å². The van der Waals surface area contributed by atoms with E-state index in [0.717, 1.165) is 38.3 Å². The molecule has 1 aliphatic rings. The minimum absolute atomic E-state index is 0.480. The van der Waals surface area contributed by atoms with Crippen LogP contribution in [0.3, 0.4) is 0 Å². The molecule has 2 aromatic rings. The Balaban J connectivity index is 1.61. The second-order valence-corrected chi connectivity index (χ2v) is 5.89. The second-order valence-electron chi connectivity index (χ2n) is 5.89. The second kappa shape index (κ2) is 7.43. The molecule has 0 aromatic heterocycles. The van der Waals surface area contributed by atoms with Crippen molar-refractivity contribution in [2.75, 3.05) is 26.7 Å². The number of nitrogens with one attached hydrogen (secondary N) is 1. The normalized spacial score (nSPS) is 19.0. The molecule has 2 aromatic carbocycles. The van der Waals surface area contributed by atoms with Crippen LogP contribution in [0.4, 0.5) is 0 Å². The fraction of sp³-hybridized carbons (Fsp3) is 0.368. The predicted molar refractivity (Wildman–Crippen MR) is 90.2 cm³/mol. The number of hydrogen-bond donors (Lipinski definition) is 1. The molecule has 0 spiro atoms. The van der Waals surface area contributed by atoms with Gasteiger partial charge in [0.15, 0.2) is 0 Å². The zero-order valence-electron chi connectivity index (χ0n) is 13.2. The van der Waals surface area contributed by atoms with Gasteiger partial charge in [0.25, 0.3) is 0 Å². The van der Waals surface area contributed by atoms with E-state index in [2.05, 4.69) is 52.7 Å². The molecule has 0 amide bonds. The van der Waals surface area contributed by atoms with Gasteiger partial charge in [0, 0.05) is 32.2 Å². The smallest absolute Gasteiger partial charge is 0.122 e. The summed E-state index contributed by atoms with van der Waals surface area (Å²) in [6.45, 7) is 4.27. The van der Waals surface area contributed by atoms with Crippen molar-refractivity contribution in [1.29, 1.82) is 0 Å². The van der Waals surface area contributed by atoms with Crippen molar-refractivity contribution >= 4 is 0 Å². The Morgan fingerprint density at radius 1 is 1.09 bits per heavy atom. The predicted octanol–water partition coefficient (Wildman–Crippen LogP) is 2.71. The average Bonchev–Trinajstić information content (AvgIpc) is 2.57. The maximum Gasteiger partial charge on any atom is 0.122 e. The van der Waals surface area contributed by atoms with Crippen LogP contribution in [0.15, 0.2) is 54.6 Å². The van der Waals surface area contributed by atoms with Gasteiger partial charge < -0.3 is 10.1 Å². The van der Waals surface area contributed by atoms with Gasteiger partial charge >= 0.3 is 0 Å². The van der Waals surface area contributed by atoms with Crippen LogP contribution in [0.5, 0.6) is 5.75 Å². The molecular formula is C19H24N2O. The Bertz CT molecular complexity index is 585. The van der Waals surface area contributed by atoms with E-state index >= 15 is 0 Å². The van der Waals surface area contributed by atoms with Crippen LogP contribution in [0.2, 0.25) is 0 Å². The fourth-order valence-corrected chi connectivity index (χ4v) is 3.15. The van der Waals surface area contributed by atoms with E-state index in [1.165, 1.54) is 11.1 Å². The van der Waals surface area contributed by atoms with Gasteiger partial charge in [-0.3, -0.25) is 4.90 Å². The molecule has 1 heterocycles. The van der Waals surface area contributed by atoms with Gasteiger partial charge in [0.05, 0.1) is 7.11 Å². The topological polar surface area (TPSA) is 24.5 Å². The number of para-hydroxylation sites is 1. The third kappa shape index (κ3) is 3.87. The zero-order chi connectivity index (χ0) is 15.2. The molecule has 116 valence electrons. The molecule has 1 aliphatic heterocycles. The number of methoxy groups -OCH3 is 1. The fourth-order valence-electron chi connectivity index (χ4n) is 3.15. The van der Waals surface area contributed by atoms with Gasteiger partial charge in [-0.25, -0.2) is 0 Å². The quantitative estimate of drug-likeness (QED) is 0.918. The van der Waals surface area contributed by atoms with Crippen LogP contribution in [0.25, 0.3) is 0 Å². The first-order chi connectivity index (χ1) is 10.8.